The molecule has 0 aromatic carbocycles. The van der Waals surface area contributed by atoms with Crippen LogP contribution in [0.4, 0.5) is 0 Å². The second kappa shape index (κ2) is 6.62. The number of carbonyl (C=O) groups is 1. The minimum Gasteiger partial charge on any atom is -0.333 e. The van der Waals surface area contributed by atoms with Crippen molar-refractivity contribution in [2.24, 2.45) is 7.05 Å². The number of rotatable bonds is 3. The molecule has 1 aliphatic heterocycles. The molecule has 3 aromatic rings. The molecule has 0 spiro atoms. The molecule has 0 bridgehead atoms. The lowest BCUT2D eigenvalue weighted by Gasteiger charge is -2.24. The number of halogens is 1. The van der Waals surface area contributed by atoms with Crippen LogP contribution in [0.25, 0.3) is 11.0 Å². The van der Waals surface area contributed by atoms with Crippen molar-refractivity contribution in [2.75, 3.05) is 6.54 Å². The lowest BCUT2D eigenvalue weighted by molar-refractivity contribution is -0.132. The number of hydrogen-bond donors (Lipinski definition) is 0. The van der Waals surface area contributed by atoms with Crippen LogP contribution in [0.15, 0.2) is 27.9 Å². The van der Waals surface area contributed by atoms with Crippen LogP contribution in [0.3, 0.4) is 0 Å². The highest BCUT2D eigenvalue weighted by molar-refractivity contribution is 9.10. The monoisotopic (exact) mass is 435 g/mol. The zero-order valence-corrected chi connectivity index (χ0v) is 16.9. The van der Waals surface area contributed by atoms with Gasteiger partial charge in [-0.25, -0.2) is 9.67 Å². The predicted molar refractivity (Wildman–Crippen MR) is 103 cm³/mol. The summed E-state index contributed by atoms with van der Waals surface area (Å²) in [5, 5.41) is 4.56. The van der Waals surface area contributed by atoms with Crippen LogP contribution < -0.4 is 5.56 Å². The normalized spacial score (nSPS) is 17.3. The summed E-state index contributed by atoms with van der Waals surface area (Å²) in [4.78, 5) is 34.3. The predicted octanol–water partition coefficient (Wildman–Crippen LogP) is 2.63. The number of amides is 1. The summed E-state index contributed by atoms with van der Waals surface area (Å²) in [6.07, 6.45) is 3.37. The van der Waals surface area contributed by atoms with Crippen molar-refractivity contribution in [3.63, 3.8) is 0 Å². The van der Waals surface area contributed by atoms with Crippen molar-refractivity contribution in [1.29, 1.82) is 0 Å². The van der Waals surface area contributed by atoms with Gasteiger partial charge in [0.05, 0.1) is 6.04 Å². The summed E-state index contributed by atoms with van der Waals surface area (Å²) < 4.78 is 3.36. The van der Waals surface area contributed by atoms with Crippen molar-refractivity contribution in [2.45, 2.75) is 32.4 Å². The second-order valence-corrected chi connectivity index (χ2v) is 8.55. The molecule has 1 amide bonds. The highest BCUT2D eigenvalue weighted by atomic mass is 79.9. The molecule has 26 heavy (non-hydrogen) atoms. The van der Waals surface area contributed by atoms with Gasteiger partial charge >= 0.3 is 0 Å². The van der Waals surface area contributed by atoms with Crippen LogP contribution in [-0.4, -0.2) is 36.7 Å². The Kier molecular flexibility index (Phi) is 4.44. The fourth-order valence-electron chi connectivity index (χ4n) is 3.48. The first-order chi connectivity index (χ1) is 12.5. The topological polar surface area (TPSA) is 73.0 Å². The van der Waals surface area contributed by atoms with Crippen LogP contribution in [-0.2, 0) is 18.4 Å². The smallest absolute Gasteiger partial charge is 0.266 e. The fourth-order valence-corrected chi connectivity index (χ4v) is 5.09. The summed E-state index contributed by atoms with van der Waals surface area (Å²) in [6, 6.07) is 4.30. The maximum atomic E-state index is 12.9. The van der Waals surface area contributed by atoms with Gasteiger partial charge in [0.25, 0.3) is 5.56 Å². The molecule has 0 aliphatic carbocycles. The largest absolute Gasteiger partial charge is 0.333 e. The number of likely N-dealkylation sites (tertiary alicyclic amines) is 1. The van der Waals surface area contributed by atoms with E-state index in [0.717, 1.165) is 19.4 Å². The fraction of sp³-hybridized carbons (Fsp3) is 0.412. The number of aryl methyl sites for hydroxylation is 2. The lowest BCUT2D eigenvalue weighted by atomic mass is 10.2. The Balaban J connectivity index is 1.62. The van der Waals surface area contributed by atoms with Crippen LogP contribution >= 0.6 is 27.3 Å². The summed E-state index contributed by atoms with van der Waals surface area (Å²) in [7, 11) is 1.73. The third kappa shape index (κ3) is 2.88. The SMILES string of the molecule is Cc1ccc(C2CCCN2C(=O)Cn2cnc3c(c(Br)nn3C)c2=O)s1. The molecule has 0 saturated carbocycles. The maximum Gasteiger partial charge on any atom is 0.266 e. The number of fused-ring (bicyclic) bond motifs is 1. The van der Waals surface area contributed by atoms with Gasteiger partial charge in [0.2, 0.25) is 5.91 Å². The first kappa shape index (κ1) is 17.4. The average molecular weight is 436 g/mol. The third-order valence-corrected chi connectivity index (χ3v) is 6.39. The minimum atomic E-state index is -0.258. The summed E-state index contributed by atoms with van der Waals surface area (Å²) in [5.41, 5.74) is 0.240. The summed E-state index contributed by atoms with van der Waals surface area (Å²) in [5.74, 6) is -0.0539. The standard InChI is InChI=1S/C17H18BrN5O2S/c1-10-5-6-12(26-10)11-4-3-7-23(11)13(24)8-22-9-19-16-14(17(22)25)15(18)20-21(16)2/h5-6,9,11H,3-4,7-8H2,1-2H3. The molecule has 0 radical (unpaired) electrons. The molecule has 3 aromatic heterocycles. The Hall–Kier alpha value is -2.00. The quantitative estimate of drug-likeness (QED) is 0.633. The molecule has 1 atom stereocenters. The summed E-state index contributed by atoms with van der Waals surface area (Å²) in [6.45, 7) is 2.78. The van der Waals surface area contributed by atoms with Crippen molar-refractivity contribution >= 4 is 44.2 Å². The van der Waals surface area contributed by atoms with E-state index in [-0.39, 0.29) is 24.1 Å². The highest BCUT2D eigenvalue weighted by Gasteiger charge is 2.31. The molecule has 4 heterocycles. The van der Waals surface area contributed by atoms with Crippen LogP contribution in [0.5, 0.6) is 0 Å². The van der Waals surface area contributed by atoms with Crippen molar-refractivity contribution in [1.82, 2.24) is 24.2 Å². The molecular formula is C17H18BrN5O2S. The van der Waals surface area contributed by atoms with Gasteiger partial charge in [0.1, 0.15) is 22.9 Å². The molecule has 9 heteroatoms. The Morgan fingerprint density at radius 1 is 1.42 bits per heavy atom. The molecule has 7 nitrogen and oxygen atoms in total. The van der Waals surface area contributed by atoms with E-state index in [2.05, 4.69) is 45.1 Å². The van der Waals surface area contributed by atoms with Crippen molar-refractivity contribution < 1.29 is 4.79 Å². The molecule has 1 unspecified atom stereocenters. The van der Waals surface area contributed by atoms with Crippen LogP contribution in [0, 0.1) is 6.92 Å². The van der Waals surface area contributed by atoms with Gasteiger partial charge in [-0.15, -0.1) is 11.3 Å². The first-order valence-corrected chi connectivity index (χ1v) is 10.00. The molecule has 0 N–H and O–H groups in total. The van der Waals surface area contributed by atoms with E-state index in [4.69, 9.17) is 0 Å². The van der Waals surface area contributed by atoms with E-state index in [1.807, 2.05) is 4.90 Å². The number of thiophene rings is 1. The first-order valence-electron chi connectivity index (χ1n) is 8.39. The van der Waals surface area contributed by atoms with Gasteiger partial charge in [-0.2, -0.15) is 5.10 Å². The second-order valence-electron chi connectivity index (χ2n) is 6.48. The van der Waals surface area contributed by atoms with E-state index in [1.54, 1.807) is 23.1 Å². The summed E-state index contributed by atoms with van der Waals surface area (Å²) >= 11 is 5.03. The average Bonchev–Trinajstić information content (AvgIpc) is 3.29. The van der Waals surface area contributed by atoms with Crippen LogP contribution in [0.2, 0.25) is 0 Å². The van der Waals surface area contributed by atoms with Crippen molar-refractivity contribution in [3.8, 4) is 0 Å². The zero-order chi connectivity index (χ0) is 18.4. The number of nitrogens with zero attached hydrogens (tertiary/aromatic N) is 5. The third-order valence-electron chi connectivity index (χ3n) is 4.74. The maximum absolute atomic E-state index is 12.9. The van der Waals surface area contributed by atoms with Crippen LogP contribution in [0.1, 0.15) is 28.6 Å². The molecule has 136 valence electrons. The van der Waals surface area contributed by atoms with E-state index >= 15 is 0 Å². The Morgan fingerprint density at radius 3 is 2.96 bits per heavy atom. The molecule has 1 aliphatic rings. The molecule has 1 fully saturated rings. The molecule has 4 rings (SSSR count). The van der Waals surface area contributed by atoms with Gasteiger partial charge < -0.3 is 4.90 Å². The number of carbonyl (C=O) groups excluding carboxylic acids is 1. The lowest BCUT2D eigenvalue weighted by Crippen LogP contribution is -2.36. The minimum absolute atomic E-state index is 0.00996. The van der Waals surface area contributed by atoms with Gasteiger partial charge in [0, 0.05) is 23.3 Å². The Morgan fingerprint density at radius 2 is 2.23 bits per heavy atom. The van der Waals surface area contributed by atoms with E-state index in [0.29, 0.717) is 15.6 Å². The van der Waals surface area contributed by atoms with Gasteiger partial charge in [-0.05, 0) is 47.8 Å². The highest BCUT2D eigenvalue weighted by Crippen LogP contribution is 2.35. The Labute approximate surface area is 162 Å². The van der Waals surface area contributed by atoms with E-state index in [1.165, 1.54) is 20.6 Å². The molecular weight excluding hydrogens is 418 g/mol. The zero-order valence-electron chi connectivity index (χ0n) is 14.5. The molecule has 1 saturated heterocycles. The van der Waals surface area contributed by atoms with Gasteiger partial charge in [-0.3, -0.25) is 14.2 Å². The van der Waals surface area contributed by atoms with Crippen molar-refractivity contribution in [3.05, 3.63) is 43.2 Å². The van der Waals surface area contributed by atoms with E-state index in [9.17, 15) is 9.59 Å². The van der Waals surface area contributed by atoms with E-state index < -0.39 is 0 Å². The van der Waals surface area contributed by atoms with Gasteiger partial charge in [0.15, 0.2) is 5.65 Å². The Bertz CT molecular complexity index is 1050. The van der Waals surface area contributed by atoms with Gasteiger partial charge in [-0.1, -0.05) is 0 Å². The number of hydrogen-bond acceptors (Lipinski definition) is 5. The number of aromatic nitrogens is 4.